The zero-order valence-corrected chi connectivity index (χ0v) is 11.6. The van der Waals surface area contributed by atoms with E-state index in [1.165, 1.54) is 4.90 Å². The Labute approximate surface area is 112 Å². The number of amides is 1. The number of nitrogens with one attached hydrogen (secondary N) is 1. The number of hydrogen-bond acceptors (Lipinski definition) is 3. The quantitative estimate of drug-likeness (QED) is 0.854. The van der Waals surface area contributed by atoms with E-state index in [2.05, 4.69) is 4.98 Å². The summed E-state index contributed by atoms with van der Waals surface area (Å²) in [6, 6.07) is 1.78. The second-order valence-electron chi connectivity index (χ2n) is 5.48. The van der Waals surface area contributed by atoms with Crippen molar-refractivity contribution in [2.24, 2.45) is 0 Å². The van der Waals surface area contributed by atoms with Crippen LogP contribution in [0.5, 0.6) is 0 Å². The third-order valence-electron chi connectivity index (χ3n) is 3.55. The third-order valence-corrected chi connectivity index (χ3v) is 3.55. The summed E-state index contributed by atoms with van der Waals surface area (Å²) < 4.78 is 0. The minimum atomic E-state index is -0.768. The van der Waals surface area contributed by atoms with E-state index in [1.54, 1.807) is 19.9 Å². The molecule has 0 unspecified atom stereocenters. The summed E-state index contributed by atoms with van der Waals surface area (Å²) in [6.07, 6.45) is 1.56. The van der Waals surface area contributed by atoms with Crippen molar-refractivity contribution < 1.29 is 9.90 Å². The van der Waals surface area contributed by atoms with Gasteiger partial charge in [-0.2, -0.15) is 0 Å². The summed E-state index contributed by atoms with van der Waals surface area (Å²) in [7, 11) is 0. The highest BCUT2D eigenvalue weighted by Gasteiger charge is 2.43. The number of aryl methyl sites for hydroxylation is 2. The largest absolute Gasteiger partial charge is 0.386 e. The van der Waals surface area contributed by atoms with Gasteiger partial charge in [0, 0.05) is 5.69 Å². The van der Waals surface area contributed by atoms with Gasteiger partial charge in [0.25, 0.3) is 11.5 Å². The Kier molecular flexibility index (Phi) is 3.49. The Hall–Kier alpha value is -1.62. The molecule has 5 nitrogen and oxygen atoms in total. The van der Waals surface area contributed by atoms with Gasteiger partial charge in [-0.05, 0) is 31.9 Å². The van der Waals surface area contributed by atoms with Crippen LogP contribution in [0.3, 0.4) is 0 Å². The number of pyridine rings is 1. The van der Waals surface area contributed by atoms with E-state index in [-0.39, 0.29) is 17.0 Å². The molecule has 0 aliphatic carbocycles. The zero-order chi connectivity index (χ0) is 14.2. The molecule has 1 aromatic heterocycles. The topological polar surface area (TPSA) is 73.4 Å². The molecule has 19 heavy (non-hydrogen) atoms. The summed E-state index contributed by atoms with van der Waals surface area (Å²) in [5, 5.41) is 10.1. The summed E-state index contributed by atoms with van der Waals surface area (Å²) in [4.78, 5) is 28.3. The van der Waals surface area contributed by atoms with Crippen molar-refractivity contribution in [1.82, 2.24) is 9.88 Å². The van der Waals surface area contributed by atoms with Crippen LogP contribution in [-0.4, -0.2) is 39.6 Å². The highest BCUT2D eigenvalue weighted by molar-refractivity contribution is 5.96. The fraction of sp³-hybridized carbons (Fsp3) is 0.571. The third kappa shape index (κ3) is 2.56. The number of nitrogens with zero attached hydrogens (tertiary/aromatic N) is 1. The lowest BCUT2D eigenvalue weighted by molar-refractivity contribution is -0.0860. The lowest BCUT2D eigenvalue weighted by Crippen LogP contribution is -2.63. The maximum Gasteiger partial charge on any atom is 0.261 e. The molecule has 0 aromatic carbocycles. The van der Waals surface area contributed by atoms with E-state index in [4.69, 9.17) is 0 Å². The van der Waals surface area contributed by atoms with Crippen molar-refractivity contribution in [3.05, 3.63) is 33.2 Å². The molecule has 0 atom stereocenters. The zero-order valence-electron chi connectivity index (χ0n) is 11.6. The van der Waals surface area contributed by atoms with Crippen LogP contribution in [0, 0.1) is 13.8 Å². The monoisotopic (exact) mass is 264 g/mol. The maximum absolute atomic E-state index is 12.3. The smallest absolute Gasteiger partial charge is 0.261 e. The molecule has 1 saturated heterocycles. The first-order valence-electron chi connectivity index (χ1n) is 6.58. The van der Waals surface area contributed by atoms with Gasteiger partial charge in [-0.1, -0.05) is 13.3 Å². The predicted molar refractivity (Wildman–Crippen MR) is 72.3 cm³/mol. The van der Waals surface area contributed by atoms with Crippen molar-refractivity contribution >= 4 is 5.91 Å². The SMILES string of the molecule is CCCC1(O)CN(C(=O)c2c(C)cc(C)[nH]c2=O)C1. The van der Waals surface area contributed by atoms with Gasteiger partial charge >= 0.3 is 0 Å². The summed E-state index contributed by atoms with van der Waals surface area (Å²) >= 11 is 0. The minimum Gasteiger partial charge on any atom is -0.386 e. The standard InChI is InChI=1S/C14H20N2O3/c1-4-5-14(19)7-16(8-14)13(18)11-9(2)6-10(3)15-12(11)17/h6,19H,4-5,7-8H2,1-3H3,(H,15,17). The van der Waals surface area contributed by atoms with Gasteiger partial charge in [0.1, 0.15) is 5.56 Å². The molecule has 5 heteroatoms. The first kappa shape index (κ1) is 13.8. The van der Waals surface area contributed by atoms with Crippen LogP contribution in [0.15, 0.2) is 10.9 Å². The van der Waals surface area contributed by atoms with Crippen molar-refractivity contribution in [2.75, 3.05) is 13.1 Å². The average molecular weight is 264 g/mol. The van der Waals surface area contributed by atoms with Gasteiger partial charge in [0.05, 0.1) is 18.7 Å². The molecule has 1 aliphatic rings. The number of aromatic nitrogens is 1. The molecule has 2 rings (SSSR count). The second kappa shape index (κ2) is 4.81. The van der Waals surface area contributed by atoms with Crippen LogP contribution < -0.4 is 5.56 Å². The number of aromatic amines is 1. The van der Waals surface area contributed by atoms with Gasteiger partial charge in [-0.3, -0.25) is 9.59 Å². The highest BCUT2D eigenvalue weighted by atomic mass is 16.3. The van der Waals surface area contributed by atoms with Crippen LogP contribution in [-0.2, 0) is 0 Å². The van der Waals surface area contributed by atoms with Crippen LogP contribution in [0.4, 0.5) is 0 Å². The summed E-state index contributed by atoms with van der Waals surface area (Å²) in [5.41, 5.74) is 0.482. The Morgan fingerprint density at radius 2 is 2.11 bits per heavy atom. The van der Waals surface area contributed by atoms with Gasteiger partial charge in [-0.15, -0.1) is 0 Å². The minimum absolute atomic E-state index is 0.184. The average Bonchev–Trinajstić information content (AvgIpc) is 2.24. The number of likely N-dealkylation sites (tertiary alicyclic amines) is 1. The molecule has 1 amide bonds. The predicted octanol–water partition coefficient (Wildman–Crippen LogP) is 0.979. The van der Waals surface area contributed by atoms with Crippen LogP contribution in [0.1, 0.15) is 41.4 Å². The number of hydrogen-bond donors (Lipinski definition) is 2. The van der Waals surface area contributed by atoms with Gasteiger partial charge < -0.3 is 15.0 Å². The molecule has 2 N–H and O–H groups in total. The number of β-amino-alcohol motifs (C(OH)–C–C–N with tert-alkyl or cyclic N) is 1. The summed E-state index contributed by atoms with van der Waals surface area (Å²) in [5.74, 6) is -0.292. The molecule has 0 saturated carbocycles. The van der Waals surface area contributed by atoms with Crippen LogP contribution >= 0.6 is 0 Å². The number of H-pyrrole nitrogens is 1. The fourth-order valence-electron chi connectivity index (χ4n) is 2.71. The van der Waals surface area contributed by atoms with Crippen molar-refractivity contribution in [1.29, 1.82) is 0 Å². The lowest BCUT2D eigenvalue weighted by Gasteiger charge is -2.46. The molecule has 2 heterocycles. The fourth-order valence-corrected chi connectivity index (χ4v) is 2.71. The molecule has 1 fully saturated rings. The Morgan fingerprint density at radius 1 is 1.47 bits per heavy atom. The van der Waals surface area contributed by atoms with E-state index >= 15 is 0 Å². The first-order valence-corrected chi connectivity index (χ1v) is 6.58. The number of rotatable bonds is 3. The molecule has 104 valence electrons. The van der Waals surface area contributed by atoms with E-state index in [0.717, 1.165) is 12.1 Å². The van der Waals surface area contributed by atoms with Crippen LogP contribution in [0.2, 0.25) is 0 Å². The van der Waals surface area contributed by atoms with Crippen molar-refractivity contribution in [3.8, 4) is 0 Å². The molecule has 1 aliphatic heterocycles. The van der Waals surface area contributed by atoms with Gasteiger partial charge in [0.2, 0.25) is 0 Å². The van der Waals surface area contributed by atoms with Gasteiger partial charge in [0.15, 0.2) is 0 Å². The second-order valence-corrected chi connectivity index (χ2v) is 5.48. The summed E-state index contributed by atoms with van der Waals surface area (Å²) in [6.45, 7) is 6.16. The Morgan fingerprint density at radius 3 is 2.63 bits per heavy atom. The molecule has 1 aromatic rings. The van der Waals surface area contributed by atoms with E-state index < -0.39 is 5.60 Å². The normalized spacial score (nSPS) is 17.2. The highest BCUT2D eigenvalue weighted by Crippen LogP contribution is 2.27. The molecular formula is C14H20N2O3. The van der Waals surface area contributed by atoms with E-state index in [0.29, 0.717) is 25.1 Å². The lowest BCUT2D eigenvalue weighted by atomic mass is 9.88. The first-order chi connectivity index (χ1) is 8.86. The molecular weight excluding hydrogens is 244 g/mol. The maximum atomic E-state index is 12.3. The Balaban J connectivity index is 2.17. The number of carbonyl (C=O) groups excluding carboxylic acids is 1. The molecule has 0 spiro atoms. The van der Waals surface area contributed by atoms with Gasteiger partial charge in [-0.25, -0.2) is 0 Å². The van der Waals surface area contributed by atoms with E-state index in [1.807, 2.05) is 6.92 Å². The number of carbonyl (C=O) groups is 1. The molecule has 0 bridgehead atoms. The Bertz CT molecular complexity index is 556. The van der Waals surface area contributed by atoms with E-state index in [9.17, 15) is 14.7 Å². The van der Waals surface area contributed by atoms with Crippen molar-refractivity contribution in [2.45, 2.75) is 39.2 Å². The van der Waals surface area contributed by atoms with Crippen LogP contribution in [0.25, 0.3) is 0 Å². The number of aliphatic hydroxyl groups is 1. The molecule has 0 radical (unpaired) electrons. The van der Waals surface area contributed by atoms with Crippen molar-refractivity contribution in [3.63, 3.8) is 0 Å².